The van der Waals surface area contributed by atoms with Gasteiger partial charge in [0.1, 0.15) is 0 Å². The maximum Gasteiger partial charge on any atom is 0.220 e. The van der Waals surface area contributed by atoms with Crippen LogP contribution in [0.5, 0.6) is 0 Å². The topological polar surface area (TPSA) is 91.5 Å². The molecule has 1 aromatic heterocycles. The van der Waals surface area contributed by atoms with Crippen LogP contribution in [0.4, 0.5) is 0 Å². The molecule has 8 heteroatoms. The van der Waals surface area contributed by atoms with E-state index in [1.165, 1.54) is 18.4 Å². The summed E-state index contributed by atoms with van der Waals surface area (Å²) < 4.78 is 30.8. The van der Waals surface area contributed by atoms with Crippen molar-refractivity contribution in [3.8, 4) is 0 Å². The highest BCUT2D eigenvalue weighted by Gasteiger charge is 2.34. The molecule has 1 fully saturated rings. The lowest BCUT2D eigenvalue weighted by Gasteiger charge is -2.21. The molecule has 2 N–H and O–H groups in total. The lowest BCUT2D eigenvalue weighted by Crippen LogP contribution is -2.43. The molecule has 26 heavy (non-hydrogen) atoms. The standard InChI is InChI=1S/C18H25N3O4S/c1-21(2)26(23,24)12-14-10-25-11-17(14)20-18(22)8-7-13-9-19-16-6-4-3-5-15(13)16/h3-6,9,14,17,19H,7-8,10-12H2,1-2H3,(H,20,22)/t14-,17+/m0/s1. The van der Waals surface area contributed by atoms with E-state index in [1.807, 2.05) is 30.5 Å². The van der Waals surface area contributed by atoms with E-state index in [-0.39, 0.29) is 23.6 Å². The highest BCUT2D eigenvalue weighted by atomic mass is 32.2. The number of carbonyl (C=O) groups excluding carboxylic acids is 1. The number of ether oxygens (including phenoxy) is 1. The zero-order valence-corrected chi connectivity index (χ0v) is 15.9. The van der Waals surface area contributed by atoms with E-state index in [2.05, 4.69) is 10.3 Å². The number of para-hydroxylation sites is 1. The van der Waals surface area contributed by atoms with Crippen molar-refractivity contribution in [3.63, 3.8) is 0 Å². The summed E-state index contributed by atoms with van der Waals surface area (Å²) in [5.74, 6) is -0.328. The first-order valence-corrected chi connectivity index (χ1v) is 10.3. The average molecular weight is 379 g/mol. The van der Waals surface area contributed by atoms with Crippen LogP contribution in [0, 0.1) is 5.92 Å². The molecule has 2 heterocycles. The fraction of sp³-hybridized carbons (Fsp3) is 0.500. The van der Waals surface area contributed by atoms with Crippen molar-refractivity contribution in [1.29, 1.82) is 0 Å². The van der Waals surface area contributed by atoms with E-state index in [9.17, 15) is 13.2 Å². The molecule has 0 aliphatic carbocycles. The Bertz CT molecular complexity index is 875. The minimum Gasteiger partial charge on any atom is -0.379 e. The normalized spacial score (nSPS) is 20.7. The number of sulfonamides is 1. The number of carbonyl (C=O) groups is 1. The van der Waals surface area contributed by atoms with E-state index in [0.29, 0.717) is 26.1 Å². The summed E-state index contributed by atoms with van der Waals surface area (Å²) in [6.45, 7) is 0.701. The number of aromatic amines is 1. The molecule has 0 bridgehead atoms. The zero-order chi connectivity index (χ0) is 18.7. The highest BCUT2D eigenvalue weighted by molar-refractivity contribution is 7.89. The van der Waals surface area contributed by atoms with Gasteiger partial charge in [-0.2, -0.15) is 0 Å². The number of rotatable bonds is 7. The van der Waals surface area contributed by atoms with E-state index < -0.39 is 10.0 Å². The van der Waals surface area contributed by atoms with Gasteiger partial charge in [-0.3, -0.25) is 4.79 Å². The number of nitrogens with one attached hydrogen (secondary N) is 2. The Hall–Kier alpha value is -1.90. The smallest absolute Gasteiger partial charge is 0.220 e. The number of hydrogen-bond acceptors (Lipinski definition) is 4. The number of aryl methyl sites for hydroxylation is 1. The maximum atomic E-state index is 12.3. The van der Waals surface area contributed by atoms with Crippen LogP contribution in [0.3, 0.4) is 0 Å². The largest absolute Gasteiger partial charge is 0.379 e. The molecule has 7 nitrogen and oxygen atoms in total. The second-order valence-electron chi connectivity index (χ2n) is 6.89. The van der Waals surface area contributed by atoms with E-state index in [4.69, 9.17) is 4.74 Å². The summed E-state index contributed by atoms with van der Waals surface area (Å²) in [6, 6.07) is 7.72. The Labute approximate surface area is 153 Å². The number of hydrogen-bond donors (Lipinski definition) is 2. The van der Waals surface area contributed by atoms with E-state index in [0.717, 1.165) is 16.5 Å². The fourth-order valence-electron chi connectivity index (χ4n) is 3.21. The Morgan fingerprint density at radius 2 is 2.08 bits per heavy atom. The van der Waals surface area contributed by atoms with Crippen LogP contribution in [0.15, 0.2) is 30.5 Å². The van der Waals surface area contributed by atoms with Crippen molar-refractivity contribution in [2.45, 2.75) is 18.9 Å². The minimum atomic E-state index is -3.32. The van der Waals surface area contributed by atoms with Crippen molar-refractivity contribution in [3.05, 3.63) is 36.0 Å². The van der Waals surface area contributed by atoms with Gasteiger partial charge in [-0.15, -0.1) is 0 Å². The van der Waals surface area contributed by atoms with Crippen molar-refractivity contribution >= 4 is 26.8 Å². The van der Waals surface area contributed by atoms with Crippen LogP contribution in [-0.4, -0.2) is 62.7 Å². The Kier molecular flexibility index (Phi) is 5.64. The number of nitrogens with zero attached hydrogens (tertiary/aromatic N) is 1. The maximum absolute atomic E-state index is 12.3. The number of aromatic nitrogens is 1. The third-order valence-electron chi connectivity index (χ3n) is 4.82. The summed E-state index contributed by atoms with van der Waals surface area (Å²) in [4.78, 5) is 15.5. The van der Waals surface area contributed by atoms with Gasteiger partial charge in [-0.1, -0.05) is 18.2 Å². The lowest BCUT2D eigenvalue weighted by atomic mass is 10.1. The third-order valence-corrected chi connectivity index (χ3v) is 6.78. The van der Waals surface area contributed by atoms with E-state index >= 15 is 0 Å². The Morgan fingerprint density at radius 3 is 2.85 bits per heavy atom. The minimum absolute atomic E-state index is 0.0204. The highest BCUT2D eigenvalue weighted by Crippen LogP contribution is 2.20. The first kappa shape index (κ1) is 18.9. The molecular formula is C18H25N3O4S. The van der Waals surface area contributed by atoms with Gasteiger partial charge in [0.15, 0.2) is 0 Å². The molecule has 1 aromatic carbocycles. The van der Waals surface area contributed by atoms with Crippen molar-refractivity contribution in [2.24, 2.45) is 5.92 Å². The van der Waals surface area contributed by atoms with Crippen molar-refractivity contribution < 1.29 is 17.9 Å². The van der Waals surface area contributed by atoms with Gasteiger partial charge in [0.05, 0.1) is 25.0 Å². The van der Waals surface area contributed by atoms with E-state index in [1.54, 1.807) is 0 Å². The fourth-order valence-corrected chi connectivity index (χ4v) is 4.38. The number of benzene rings is 1. The average Bonchev–Trinajstić information content (AvgIpc) is 3.19. The molecule has 3 rings (SSSR count). The van der Waals surface area contributed by atoms with Crippen LogP contribution < -0.4 is 5.32 Å². The molecule has 2 aromatic rings. The van der Waals surface area contributed by atoms with Gasteiger partial charge in [-0.05, 0) is 18.1 Å². The SMILES string of the molecule is CN(C)S(=O)(=O)C[C@@H]1COC[C@H]1NC(=O)CCc1c[nH]c2ccccc12. The summed E-state index contributed by atoms with van der Waals surface area (Å²) in [5.41, 5.74) is 2.16. The third kappa shape index (κ3) is 4.25. The van der Waals surface area contributed by atoms with Gasteiger partial charge in [0.2, 0.25) is 15.9 Å². The van der Waals surface area contributed by atoms with Crippen LogP contribution in [0.25, 0.3) is 10.9 Å². The number of H-pyrrole nitrogens is 1. The molecule has 1 amide bonds. The Morgan fingerprint density at radius 1 is 1.31 bits per heavy atom. The summed E-state index contributed by atoms with van der Waals surface area (Å²) >= 11 is 0. The Balaban J connectivity index is 1.55. The second-order valence-corrected chi connectivity index (χ2v) is 9.12. The first-order chi connectivity index (χ1) is 12.4. The van der Waals surface area contributed by atoms with Crippen molar-refractivity contribution in [1.82, 2.24) is 14.6 Å². The summed E-state index contributed by atoms with van der Waals surface area (Å²) in [5, 5.41) is 4.07. The molecule has 0 radical (unpaired) electrons. The number of amides is 1. The molecule has 0 unspecified atom stereocenters. The number of fused-ring (bicyclic) bond motifs is 1. The van der Waals surface area contributed by atoms with Gasteiger partial charge in [0.25, 0.3) is 0 Å². The first-order valence-electron chi connectivity index (χ1n) is 8.69. The van der Waals surface area contributed by atoms with Crippen LogP contribution in [0.1, 0.15) is 12.0 Å². The molecular weight excluding hydrogens is 354 g/mol. The summed E-state index contributed by atoms with van der Waals surface area (Å²) in [6.07, 6.45) is 2.92. The predicted molar refractivity (Wildman–Crippen MR) is 100 cm³/mol. The van der Waals surface area contributed by atoms with Crippen molar-refractivity contribution in [2.75, 3.05) is 33.1 Å². The van der Waals surface area contributed by atoms with Gasteiger partial charge < -0.3 is 15.0 Å². The summed E-state index contributed by atoms with van der Waals surface area (Å²) in [7, 11) is -0.297. The molecule has 1 aliphatic rings. The van der Waals surface area contributed by atoms with Gasteiger partial charge in [-0.25, -0.2) is 12.7 Å². The van der Waals surface area contributed by atoms with Gasteiger partial charge in [0, 0.05) is 43.5 Å². The molecule has 1 saturated heterocycles. The predicted octanol–water partition coefficient (Wildman–Crippen LogP) is 1.12. The van der Waals surface area contributed by atoms with Crippen LogP contribution in [0.2, 0.25) is 0 Å². The second kappa shape index (κ2) is 7.77. The molecule has 0 saturated carbocycles. The van der Waals surface area contributed by atoms with Gasteiger partial charge >= 0.3 is 0 Å². The molecule has 1 aliphatic heterocycles. The van der Waals surface area contributed by atoms with Crippen LogP contribution in [-0.2, 0) is 26.0 Å². The zero-order valence-electron chi connectivity index (χ0n) is 15.1. The molecule has 142 valence electrons. The lowest BCUT2D eigenvalue weighted by molar-refractivity contribution is -0.121. The quantitative estimate of drug-likeness (QED) is 0.754. The monoisotopic (exact) mass is 379 g/mol. The van der Waals surface area contributed by atoms with Crippen LogP contribution >= 0.6 is 0 Å². The molecule has 0 spiro atoms. The molecule has 2 atom stereocenters.